The predicted molar refractivity (Wildman–Crippen MR) is 78.8 cm³/mol. The van der Waals surface area contributed by atoms with Gasteiger partial charge in [0.1, 0.15) is 12.4 Å². The Balaban J connectivity index is 2.15. The normalized spacial score (nSPS) is 9.95. The SMILES string of the molecule is N#Cc1ccc(F)c(COC(=O)c2cccc(N)c2Br)c1. The number of nitrogens with zero attached hydrogens (tertiary/aromatic N) is 1. The molecule has 0 fully saturated rings. The maximum atomic E-state index is 13.6. The zero-order valence-electron chi connectivity index (χ0n) is 10.8. The Bertz CT molecular complexity index is 741. The first kappa shape index (κ1) is 15.0. The number of carbonyl (C=O) groups is 1. The molecule has 0 saturated heterocycles. The molecule has 0 heterocycles. The van der Waals surface area contributed by atoms with E-state index in [2.05, 4.69) is 15.9 Å². The van der Waals surface area contributed by atoms with Crippen LogP contribution in [0.2, 0.25) is 0 Å². The summed E-state index contributed by atoms with van der Waals surface area (Å²) < 4.78 is 19.1. The van der Waals surface area contributed by atoms with E-state index in [0.29, 0.717) is 15.7 Å². The van der Waals surface area contributed by atoms with Crippen molar-refractivity contribution in [1.82, 2.24) is 0 Å². The molecule has 21 heavy (non-hydrogen) atoms. The van der Waals surface area contributed by atoms with Gasteiger partial charge in [-0.25, -0.2) is 9.18 Å². The summed E-state index contributed by atoms with van der Waals surface area (Å²) in [6.45, 7) is -0.262. The lowest BCUT2D eigenvalue weighted by Gasteiger charge is -2.08. The summed E-state index contributed by atoms with van der Waals surface area (Å²) in [5.41, 5.74) is 6.78. The van der Waals surface area contributed by atoms with E-state index < -0.39 is 11.8 Å². The van der Waals surface area contributed by atoms with Crippen LogP contribution in [0.1, 0.15) is 21.5 Å². The molecular weight excluding hydrogens is 339 g/mol. The third-order valence-electron chi connectivity index (χ3n) is 2.78. The Morgan fingerprint density at radius 2 is 2.14 bits per heavy atom. The number of nitriles is 1. The van der Waals surface area contributed by atoms with Crippen LogP contribution in [0, 0.1) is 17.1 Å². The number of anilines is 1. The predicted octanol–water partition coefficient (Wildman–Crippen LogP) is 3.40. The molecule has 2 aromatic rings. The first-order chi connectivity index (χ1) is 10.0. The number of benzene rings is 2. The number of halogens is 2. The molecule has 0 atom stereocenters. The third-order valence-corrected chi connectivity index (χ3v) is 3.67. The number of esters is 1. The number of nitrogen functional groups attached to an aromatic ring is 1. The van der Waals surface area contributed by atoms with Gasteiger partial charge in [0.25, 0.3) is 0 Å². The van der Waals surface area contributed by atoms with Crippen LogP contribution in [0.4, 0.5) is 10.1 Å². The van der Waals surface area contributed by atoms with Gasteiger partial charge in [0.15, 0.2) is 0 Å². The number of hydrogen-bond donors (Lipinski definition) is 1. The molecule has 0 unspecified atom stereocenters. The van der Waals surface area contributed by atoms with Gasteiger partial charge < -0.3 is 10.5 Å². The summed E-state index contributed by atoms with van der Waals surface area (Å²) in [6.07, 6.45) is 0. The van der Waals surface area contributed by atoms with Crippen molar-refractivity contribution in [2.24, 2.45) is 0 Å². The highest BCUT2D eigenvalue weighted by Gasteiger charge is 2.14. The second-order valence-corrected chi connectivity index (χ2v) is 5.00. The van der Waals surface area contributed by atoms with E-state index in [1.165, 1.54) is 12.1 Å². The molecule has 0 radical (unpaired) electrons. The Hall–Kier alpha value is -2.39. The maximum absolute atomic E-state index is 13.6. The number of hydrogen-bond acceptors (Lipinski definition) is 4. The van der Waals surface area contributed by atoms with E-state index in [-0.39, 0.29) is 17.7 Å². The van der Waals surface area contributed by atoms with E-state index in [4.69, 9.17) is 15.7 Å². The molecule has 2 aromatic carbocycles. The first-order valence-electron chi connectivity index (χ1n) is 5.92. The molecule has 0 amide bonds. The smallest absolute Gasteiger partial charge is 0.339 e. The molecule has 0 saturated carbocycles. The van der Waals surface area contributed by atoms with E-state index in [0.717, 1.165) is 6.07 Å². The molecule has 0 spiro atoms. The van der Waals surface area contributed by atoms with E-state index in [1.54, 1.807) is 18.2 Å². The van der Waals surface area contributed by atoms with Gasteiger partial charge in [-0.15, -0.1) is 0 Å². The molecule has 0 aromatic heterocycles. The van der Waals surface area contributed by atoms with Crippen molar-refractivity contribution in [1.29, 1.82) is 5.26 Å². The first-order valence-corrected chi connectivity index (χ1v) is 6.72. The summed E-state index contributed by atoms with van der Waals surface area (Å²) in [7, 11) is 0. The lowest BCUT2D eigenvalue weighted by molar-refractivity contribution is 0.0468. The van der Waals surface area contributed by atoms with Gasteiger partial charge in [0.05, 0.1) is 21.7 Å². The van der Waals surface area contributed by atoms with Crippen LogP contribution in [-0.2, 0) is 11.3 Å². The average Bonchev–Trinajstić information content (AvgIpc) is 2.49. The molecule has 0 aliphatic carbocycles. The van der Waals surface area contributed by atoms with Gasteiger partial charge in [0, 0.05) is 11.3 Å². The lowest BCUT2D eigenvalue weighted by Crippen LogP contribution is -2.08. The molecule has 2 rings (SSSR count). The average molecular weight is 349 g/mol. The fraction of sp³-hybridized carbons (Fsp3) is 0.0667. The summed E-state index contributed by atoms with van der Waals surface area (Å²) in [5, 5.41) is 8.77. The van der Waals surface area contributed by atoms with Crippen LogP contribution >= 0.6 is 15.9 Å². The Labute approximate surface area is 129 Å². The minimum Gasteiger partial charge on any atom is -0.457 e. The zero-order valence-corrected chi connectivity index (χ0v) is 12.4. The molecule has 0 aliphatic rings. The highest BCUT2D eigenvalue weighted by atomic mass is 79.9. The van der Waals surface area contributed by atoms with Gasteiger partial charge in [-0.3, -0.25) is 0 Å². The van der Waals surface area contributed by atoms with Crippen molar-refractivity contribution in [3.8, 4) is 6.07 Å². The largest absolute Gasteiger partial charge is 0.457 e. The second kappa shape index (κ2) is 6.37. The van der Waals surface area contributed by atoms with Crippen molar-refractivity contribution >= 4 is 27.6 Å². The van der Waals surface area contributed by atoms with Crippen LogP contribution < -0.4 is 5.73 Å². The van der Waals surface area contributed by atoms with E-state index in [1.807, 2.05) is 6.07 Å². The quantitative estimate of drug-likeness (QED) is 0.681. The molecule has 2 N–H and O–H groups in total. The highest BCUT2D eigenvalue weighted by Crippen LogP contribution is 2.24. The summed E-state index contributed by atoms with van der Waals surface area (Å²) in [4.78, 5) is 12.0. The number of carbonyl (C=O) groups excluding carboxylic acids is 1. The van der Waals surface area contributed by atoms with Crippen LogP contribution in [0.3, 0.4) is 0 Å². The molecule has 0 aliphatic heterocycles. The van der Waals surface area contributed by atoms with Crippen molar-refractivity contribution in [2.45, 2.75) is 6.61 Å². The standard InChI is InChI=1S/C15H10BrFN2O2/c16-14-11(2-1-3-13(14)19)15(20)21-8-10-6-9(7-18)4-5-12(10)17/h1-6H,8,19H2. The molecular formula is C15H10BrFN2O2. The monoisotopic (exact) mass is 348 g/mol. The summed E-state index contributed by atoms with van der Waals surface area (Å²) in [5.74, 6) is -1.16. The van der Waals surface area contributed by atoms with Crippen LogP contribution in [-0.4, -0.2) is 5.97 Å². The fourth-order valence-corrected chi connectivity index (χ4v) is 2.11. The van der Waals surface area contributed by atoms with E-state index >= 15 is 0 Å². The molecule has 4 nitrogen and oxygen atoms in total. The minimum absolute atomic E-state index is 0.141. The third kappa shape index (κ3) is 3.38. The number of nitrogens with two attached hydrogens (primary N) is 1. The summed E-state index contributed by atoms with van der Waals surface area (Å²) >= 11 is 3.20. The molecule has 0 bridgehead atoms. The highest BCUT2D eigenvalue weighted by molar-refractivity contribution is 9.10. The Morgan fingerprint density at radius 1 is 1.38 bits per heavy atom. The van der Waals surface area contributed by atoms with Crippen molar-refractivity contribution in [2.75, 3.05) is 5.73 Å². The van der Waals surface area contributed by atoms with Crippen LogP contribution in [0.5, 0.6) is 0 Å². The Morgan fingerprint density at radius 3 is 2.86 bits per heavy atom. The van der Waals surface area contributed by atoms with Crippen molar-refractivity contribution in [3.05, 3.63) is 63.4 Å². The molecule has 106 valence electrons. The van der Waals surface area contributed by atoms with Gasteiger partial charge in [-0.2, -0.15) is 5.26 Å². The minimum atomic E-state index is -0.629. The fourth-order valence-electron chi connectivity index (χ4n) is 1.68. The van der Waals surface area contributed by atoms with Crippen molar-refractivity contribution < 1.29 is 13.9 Å². The van der Waals surface area contributed by atoms with Crippen molar-refractivity contribution in [3.63, 3.8) is 0 Å². The van der Waals surface area contributed by atoms with Crippen LogP contribution in [0.15, 0.2) is 40.9 Å². The second-order valence-electron chi connectivity index (χ2n) is 4.20. The maximum Gasteiger partial charge on any atom is 0.339 e. The van der Waals surface area contributed by atoms with Crippen LogP contribution in [0.25, 0.3) is 0 Å². The Kier molecular flexibility index (Phi) is 4.55. The number of ether oxygens (including phenoxy) is 1. The summed E-state index contributed by atoms with van der Waals surface area (Å²) in [6, 6.07) is 10.6. The zero-order chi connectivity index (χ0) is 15.4. The van der Waals surface area contributed by atoms with Gasteiger partial charge >= 0.3 is 5.97 Å². The van der Waals surface area contributed by atoms with Gasteiger partial charge in [-0.1, -0.05) is 6.07 Å². The van der Waals surface area contributed by atoms with Gasteiger partial charge in [0.2, 0.25) is 0 Å². The van der Waals surface area contributed by atoms with Gasteiger partial charge in [-0.05, 0) is 46.3 Å². The number of rotatable bonds is 3. The topological polar surface area (TPSA) is 76.1 Å². The molecule has 6 heteroatoms. The lowest BCUT2D eigenvalue weighted by atomic mass is 10.1. The van der Waals surface area contributed by atoms with E-state index in [9.17, 15) is 9.18 Å².